The molecule has 2 unspecified atom stereocenters. The van der Waals surface area contributed by atoms with Crippen molar-refractivity contribution in [1.29, 1.82) is 0 Å². The van der Waals surface area contributed by atoms with Gasteiger partial charge in [-0.2, -0.15) is 0 Å². The molecule has 2 atom stereocenters. The summed E-state index contributed by atoms with van der Waals surface area (Å²) < 4.78 is 2.33. The van der Waals surface area contributed by atoms with Crippen LogP contribution in [0.2, 0.25) is 0 Å². The minimum atomic E-state index is 0.130. The molecule has 0 fully saturated rings. The van der Waals surface area contributed by atoms with Crippen LogP contribution in [0.25, 0.3) is 0 Å². The summed E-state index contributed by atoms with van der Waals surface area (Å²) in [6, 6.07) is 17.5. The van der Waals surface area contributed by atoms with Crippen LogP contribution < -0.4 is 0 Å². The fourth-order valence-corrected chi connectivity index (χ4v) is 5.95. The van der Waals surface area contributed by atoms with E-state index in [9.17, 15) is 4.79 Å². The van der Waals surface area contributed by atoms with Gasteiger partial charge in [-0.25, -0.2) is 0 Å². The molecular formula is C24H27N3OS. The molecule has 0 saturated heterocycles. The van der Waals surface area contributed by atoms with Gasteiger partial charge in [0, 0.05) is 36.4 Å². The summed E-state index contributed by atoms with van der Waals surface area (Å²) in [5.41, 5.74) is 3.90. The van der Waals surface area contributed by atoms with E-state index in [1.165, 1.54) is 21.7 Å². The van der Waals surface area contributed by atoms with Gasteiger partial charge in [-0.1, -0.05) is 37.3 Å². The normalized spacial score (nSPS) is 21.6. The van der Waals surface area contributed by atoms with Crippen LogP contribution in [0.15, 0.2) is 60.1 Å². The van der Waals surface area contributed by atoms with E-state index >= 15 is 0 Å². The summed E-state index contributed by atoms with van der Waals surface area (Å²) >= 11 is 1.83. The minimum absolute atomic E-state index is 0.130. The van der Waals surface area contributed by atoms with Crippen LogP contribution in [-0.2, 0) is 17.8 Å². The average Bonchev–Trinajstić information content (AvgIpc) is 3.42. The van der Waals surface area contributed by atoms with Gasteiger partial charge in [0.15, 0.2) is 0 Å². The van der Waals surface area contributed by atoms with E-state index < -0.39 is 0 Å². The van der Waals surface area contributed by atoms with E-state index in [1.54, 1.807) is 0 Å². The number of hydrogen-bond acceptors (Lipinski definition) is 3. The van der Waals surface area contributed by atoms with Crippen molar-refractivity contribution in [3.63, 3.8) is 0 Å². The zero-order chi connectivity index (χ0) is 19.8. The molecule has 4 heterocycles. The van der Waals surface area contributed by atoms with E-state index in [1.807, 2.05) is 11.3 Å². The zero-order valence-electron chi connectivity index (χ0n) is 16.8. The highest BCUT2D eigenvalue weighted by Crippen LogP contribution is 2.36. The first kappa shape index (κ1) is 18.6. The Balaban J connectivity index is 1.41. The Morgan fingerprint density at radius 1 is 1.07 bits per heavy atom. The van der Waals surface area contributed by atoms with E-state index in [0.717, 1.165) is 32.5 Å². The zero-order valence-corrected chi connectivity index (χ0v) is 17.6. The van der Waals surface area contributed by atoms with Crippen molar-refractivity contribution < 1.29 is 4.79 Å². The monoisotopic (exact) mass is 405 g/mol. The van der Waals surface area contributed by atoms with E-state index in [4.69, 9.17) is 0 Å². The number of hydrogen-bond donors (Lipinski definition) is 0. The molecule has 0 saturated carbocycles. The molecule has 0 radical (unpaired) electrons. The molecule has 0 spiro atoms. The van der Waals surface area contributed by atoms with Gasteiger partial charge in [-0.05, 0) is 47.5 Å². The molecule has 0 N–H and O–H groups in total. The molecule has 2 aromatic heterocycles. The van der Waals surface area contributed by atoms with Gasteiger partial charge in [0.25, 0.3) is 0 Å². The Morgan fingerprint density at radius 2 is 1.93 bits per heavy atom. The van der Waals surface area contributed by atoms with Crippen LogP contribution in [0.5, 0.6) is 0 Å². The lowest BCUT2D eigenvalue weighted by Crippen LogP contribution is -2.48. The molecule has 0 bridgehead atoms. The van der Waals surface area contributed by atoms with Crippen LogP contribution in [-0.4, -0.2) is 39.9 Å². The fourth-order valence-electron chi connectivity index (χ4n) is 5.02. The predicted octanol–water partition coefficient (Wildman–Crippen LogP) is 4.49. The molecule has 1 aromatic carbocycles. The van der Waals surface area contributed by atoms with Crippen molar-refractivity contribution in [2.75, 3.05) is 19.6 Å². The van der Waals surface area contributed by atoms with Crippen LogP contribution >= 0.6 is 11.3 Å². The van der Waals surface area contributed by atoms with Gasteiger partial charge in [0.2, 0.25) is 5.91 Å². The molecule has 2 aliphatic rings. The maximum absolute atomic E-state index is 13.5. The highest BCUT2D eigenvalue weighted by Gasteiger charge is 2.34. The molecule has 150 valence electrons. The van der Waals surface area contributed by atoms with E-state index in [-0.39, 0.29) is 18.0 Å². The van der Waals surface area contributed by atoms with Gasteiger partial charge < -0.3 is 9.47 Å². The minimum Gasteiger partial charge on any atom is -0.348 e. The second-order valence-electron chi connectivity index (χ2n) is 7.97. The maximum Gasteiger partial charge on any atom is 0.237 e. The van der Waals surface area contributed by atoms with Crippen LogP contribution in [0.3, 0.4) is 0 Å². The number of carbonyl (C=O) groups is 1. The lowest BCUT2D eigenvalue weighted by atomic mass is 9.97. The highest BCUT2D eigenvalue weighted by molar-refractivity contribution is 7.10. The maximum atomic E-state index is 13.5. The number of fused-ring (bicyclic) bond motifs is 2. The Hall–Kier alpha value is -2.37. The van der Waals surface area contributed by atoms with Gasteiger partial charge in [-0.15, -0.1) is 11.3 Å². The lowest BCUT2D eigenvalue weighted by molar-refractivity contribution is -0.136. The summed E-state index contributed by atoms with van der Waals surface area (Å²) in [5.74, 6) is 0.259. The van der Waals surface area contributed by atoms with Crippen LogP contribution in [0.4, 0.5) is 0 Å². The SMILES string of the molecule is CCC1c2ccsc2CCN1C(=O)CN1CCn2cccc2C1c1ccccc1. The number of benzene rings is 1. The molecule has 0 aliphatic carbocycles. The third-order valence-corrected chi connectivity index (χ3v) is 7.39. The molecule has 29 heavy (non-hydrogen) atoms. The Morgan fingerprint density at radius 3 is 2.76 bits per heavy atom. The summed E-state index contributed by atoms with van der Waals surface area (Å²) in [7, 11) is 0. The van der Waals surface area contributed by atoms with Crippen molar-refractivity contribution in [1.82, 2.24) is 14.4 Å². The molecule has 2 aliphatic heterocycles. The summed E-state index contributed by atoms with van der Waals surface area (Å²) in [6.07, 6.45) is 4.11. The fraction of sp³-hybridized carbons (Fsp3) is 0.375. The van der Waals surface area contributed by atoms with Gasteiger partial charge in [0.05, 0.1) is 18.6 Å². The van der Waals surface area contributed by atoms with E-state index in [0.29, 0.717) is 6.54 Å². The van der Waals surface area contributed by atoms with Crippen LogP contribution in [0.1, 0.15) is 47.1 Å². The Bertz CT molecular complexity index is 992. The molecule has 5 heteroatoms. The Labute approximate surface area is 176 Å². The topological polar surface area (TPSA) is 28.5 Å². The average molecular weight is 406 g/mol. The first-order chi connectivity index (χ1) is 14.3. The largest absolute Gasteiger partial charge is 0.348 e. The van der Waals surface area contributed by atoms with E-state index in [2.05, 4.69) is 81.4 Å². The molecule has 4 nitrogen and oxygen atoms in total. The van der Waals surface area contributed by atoms with Crippen molar-refractivity contribution >= 4 is 17.2 Å². The summed E-state index contributed by atoms with van der Waals surface area (Å²) in [5, 5.41) is 2.17. The lowest BCUT2D eigenvalue weighted by Gasteiger charge is -2.40. The highest BCUT2D eigenvalue weighted by atomic mass is 32.1. The summed E-state index contributed by atoms with van der Waals surface area (Å²) in [4.78, 5) is 19.4. The second kappa shape index (κ2) is 7.81. The number of carbonyl (C=O) groups excluding carboxylic acids is 1. The first-order valence-electron chi connectivity index (χ1n) is 10.6. The van der Waals surface area contributed by atoms with Gasteiger partial charge in [-0.3, -0.25) is 9.69 Å². The van der Waals surface area contributed by atoms with Gasteiger partial charge in [0.1, 0.15) is 0 Å². The second-order valence-corrected chi connectivity index (χ2v) is 8.97. The quantitative estimate of drug-likeness (QED) is 0.640. The molecule has 3 aromatic rings. The predicted molar refractivity (Wildman–Crippen MR) is 117 cm³/mol. The number of amides is 1. The summed E-state index contributed by atoms with van der Waals surface area (Å²) in [6.45, 7) is 5.33. The molecule has 5 rings (SSSR count). The number of thiophene rings is 1. The van der Waals surface area contributed by atoms with Crippen molar-refractivity contribution in [2.45, 2.75) is 38.4 Å². The third-order valence-electron chi connectivity index (χ3n) is 6.39. The van der Waals surface area contributed by atoms with Crippen molar-refractivity contribution in [3.8, 4) is 0 Å². The first-order valence-corrected chi connectivity index (χ1v) is 11.4. The standard InChI is InChI=1S/C24H27N3OS/c1-2-20-19-11-16-29-22(19)10-13-27(20)23(28)17-26-15-14-25-12-6-9-21(25)24(26)18-7-4-3-5-8-18/h3-9,11-12,16,20,24H,2,10,13-15,17H2,1H3. The Kier molecular flexibility index (Phi) is 5.02. The van der Waals surface area contributed by atoms with Gasteiger partial charge >= 0.3 is 0 Å². The number of aromatic nitrogens is 1. The number of rotatable bonds is 4. The van der Waals surface area contributed by atoms with Crippen LogP contribution in [0, 0.1) is 0 Å². The smallest absolute Gasteiger partial charge is 0.237 e. The number of nitrogens with zero attached hydrogens (tertiary/aromatic N) is 3. The van der Waals surface area contributed by atoms with Crippen molar-refractivity contribution in [3.05, 3.63) is 81.8 Å². The van der Waals surface area contributed by atoms with Crippen molar-refractivity contribution in [2.24, 2.45) is 0 Å². The molecular weight excluding hydrogens is 378 g/mol. The molecule has 1 amide bonds. The third kappa shape index (κ3) is 3.32.